The average molecular weight is 404 g/mol. The molecular weight excluding hydrogens is 380 g/mol. The van der Waals surface area contributed by atoms with Gasteiger partial charge in [0.15, 0.2) is 24.6 Å². The van der Waals surface area contributed by atoms with Crippen molar-refractivity contribution in [1.29, 1.82) is 0 Å². The van der Waals surface area contributed by atoms with Gasteiger partial charge in [-0.15, -0.1) is 0 Å². The molecule has 2 rings (SSSR count). The molecule has 2 fully saturated rings. The van der Waals surface area contributed by atoms with E-state index in [1.807, 2.05) is 0 Å². The summed E-state index contributed by atoms with van der Waals surface area (Å²) in [5.74, 6) is -2.69. The van der Waals surface area contributed by atoms with E-state index in [2.05, 4.69) is 0 Å². The molecule has 2 heterocycles. The van der Waals surface area contributed by atoms with Crippen LogP contribution in [0.15, 0.2) is 0 Å². The fourth-order valence-corrected chi connectivity index (χ4v) is 3.49. The normalized spacial score (nSPS) is 34.1. The van der Waals surface area contributed by atoms with E-state index in [0.717, 1.165) is 13.8 Å². The maximum atomic E-state index is 12.0. The first-order valence-corrected chi connectivity index (χ1v) is 8.59. The maximum Gasteiger partial charge on any atom is 0.303 e. The zero-order chi connectivity index (χ0) is 21.1. The number of methoxy groups -OCH3 is 1. The molecule has 0 N–H and O–H groups in total. The van der Waals surface area contributed by atoms with Crippen molar-refractivity contribution in [3.05, 3.63) is 0 Å². The fraction of sp³-hybridized carbons (Fsp3) is 0.765. The largest absolute Gasteiger partial charge is 0.463 e. The molecule has 0 aromatic rings. The molecule has 2 aliphatic heterocycles. The van der Waals surface area contributed by atoms with Crippen LogP contribution >= 0.6 is 0 Å². The van der Waals surface area contributed by atoms with Crippen molar-refractivity contribution in [2.45, 2.75) is 64.0 Å². The Balaban J connectivity index is 2.55. The number of esters is 4. The molecule has 0 aliphatic carbocycles. The summed E-state index contributed by atoms with van der Waals surface area (Å²) in [7, 11) is 1.33. The molecule has 0 bridgehead atoms. The second-order valence-electron chi connectivity index (χ2n) is 6.41. The zero-order valence-electron chi connectivity index (χ0n) is 16.3. The Morgan fingerprint density at radius 2 is 1.61 bits per heavy atom. The smallest absolute Gasteiger partial charge is 0.303 e. The first kappa shape index (κ1) is 22.1. The summed E-state index contributed by atoms with van der Waals surface area (Å²) in [5, 5.41) is 0. The molecule has 2 saturated heterocycles. The molecule has 0 aromatic carbocycles. The van der Waals surface area contributed by atoms with Crippen LogP contribution in [-0.4, -0.2) is 80.5 Å². The minimum Gasteiger partial charge on any atom is -0.463 e. The highest BCUT2D eigenvalue weighted by Crippen LogP contribution is 2.45. The van der Waals surface area contributed by atoms with Gasteiger partial charge in [0.2, 0.25) is 5.60 Å². The highest BCUT2D eigenvalue weighted by atomic mass is 16.7. The van der Waals surface area contributed by atoms with Crippen LogP contribution < -0.4 is 0 Å². The van der Waals surface area contributed by atoms with Crippen LogP contribution in [0.1, 0.15) is 27.7 Å². The van der Waals surface area contributed by atoms with Crippen LogP contribution in [0.25, 0.3) is 0 Å². The van der Waals surface area contributed by atoms with E-state index in [9.17, 15) is 19.2 Å². The third kappa shape index (κ3) is 4.42. The van der Waals surface area contributed by atoms with Crippen LogP contribution in [0, 0.1) is 0 Å². The Kier molecular flexibility index (Phi) is 6.96. The third-order valence-electron chi connectivity index (χ3n) is 4.32. The van der Waals surface area contributed by atoms with Crippen molar-refractivity contribution in [1.82, 2.24) is 0 Å². The Bertz CT molecular complexity index is 633. The number of fused-ring (bicyclic) bond motifs is 1. The Labute approximate surface area is 161 Å². The summed E-state index contributed by atoms with van der Waals surface area (Å²) < 4.78 is 38.0. The van der Waals surface area contributed by atoms with Gasteiger partial charge in [0.25, 0.3) is 0 Å². The van der Waals surface area contributed by atoms with Crippen molar-refractivity contribution in [2.75, 3.05) is 20.3 Å². The summed E-state index contributed by atoms with van der Waals surface area (Å²) in [5.41, 5.74) is -1.76. The average Bonchev–Trinajstić information content (AvgIpc) is 2.91. The van der Waals surface area contributed by atoms with E-state index in [4.69, 9.17) is 33.2 Å². The van der Waals surface area contributed by atoms with Gasteiger partial charge < -0.3 is 33.2 Å². The summed E-state index contributed by atoms with van der Waals surface area (Å²) in [6.45, 7) is 4.20. The lowest BCUT2D eigenvalue weighted by Crippen LogP contribution is -2.72. The highest BCUT2D eigenvalue weighted by Gasteiger charge is 2.70. The standard InChI is InChI=1S/C17H24O11/c1-8(18)23-6-12-14(26-10(3)20)17(28-11(4)21)13(25-9(2)19)7-24-15(17)16(22-5)27-12/h12-16H,6-7H2,1-5H3/t12?,13-,14?,15?,16?,17?/m0/s1. The maximum absolute atomic E-state index is 12.0. The number of hydrogen-bond donors (Lipinski definition) is 0. The van der Waals surface area contributed by atoms with E-state index in [1.54, 1.807) is 0 Å². The molecule has 158 valence electrons. The highest BCUT2D eigenvalue weighted by molar-refractivity contribution is 5.69. The molecule has 11 heteroatoms. The summed E-state index contributed by atoms with van der Waals surface area (Å²) in [6.07, 6.45) is -5.62. The van der Waals surface area contributed by atoms with Gasteiger partial charge in [0.05, 0.1) is 6.61 Å². The van der Waals surface area contributed by atoms with Crippen LogP contribution in [0.4, 0.5) is 0 Å². The van der Waals surface area contributed by atoms with Gasteiger partial charge in [-0.2, -0.15) is 0 Å². The van der Waals surface area contributed by atoms with Crippen LogP contribution in [0.2, 0.25) is 0 Å². The molecule has 0 aromatic heterocycles. The summed E-state index contributed by atoms with van der Waals surface area (Å²) in [4.78, 5) is 46.6. The van der Waals surface area contributed by atoms with Gasteiger partial charge in [0, 0.05) is 34.8 Å². The van der Waals surface area contributed by atoms with Crippen molar-refractivity contribution >= 4 is 23.9 Å². The molecule has 0 spiro atoms. The van der Waals surface area contributed by atoms with Crippen LogP contribution in [0.3, 0.4) is 0 Å². The Morgan fingerprint density at radius 1 is 0.964 bits per heavy atom. The van der Waals surface area contributed by atoms with Crippen molar-refractivity contribution < 1.29 is 52.3 Å². The van der Waals surface area contributed by atoms with Crippen molar-refractivity contribution in [3.63, 3.8) is 0 Å². The number of carbonyl (C=O) groups excluding carboxylic acids is 4. The fourth-order valence-electron chi connectivity index (χ4n) is 3.49. The Morgan fingerprint density at radius 3 is 2.11 bits per heavy atom. The lowest BCUT2D eigenvalue weighted by Gasteiger charge is -2.49. The SMILES string of the molecule is COC1OC(COC(C)=O)C(OC(C)=O)C2(OC(C)=O)C1OC[C@@H]2OC(C)=O. The molecule has 0 saturated carbocycles. The molecule has 6 atom stereocenters. The first-order chi connectivity index (χ1) is 13.1. The number of ether oxygens (including phenoxy) is 7. The number of carbonyl (C=O) groups is 4. The molecule has 5 unspecified atom stereocenters. The topological polar surface area (TPSA) is 133 Å². The quantitative estimate of drug-likeness (QED) is 0.418. The minimum atomic E-state index is -1.76. The predicted molar refractivity (Wildman–Crippen MR) is 87.6 cm³/mol. The lowest BCUT2D eigenvalue weighted by atomic mass is 9.80. The molecule has 2 aliphatic rings. The summed E-state index contributed by atoms with van der Waals surface area (Å²) in [6, 6.07) is 0. The van der Waals surface area contributed by atoms with E-state index in [0.29, 0.717) is 0 Å². The molecule has 0 amide bonds. The number of hydrogen-bond acceptors (Lipinski definition) is 11. The van der Waals surface area contributed by atoms with Gasteiger partial charge in [-0.3, -0.25) is 19.2 Å². The molecule has 28 heavy (non-hydrogen) atoms. The van der Waals surface area contributed by atoms with Crippen LogP contribution in [-0.2, 0) is 52.3 Å². The minimum absolute atomic E-state index is 0.154. The monoisotopic (exact) mass is 404 g/mol. The second-order valence-corrected chi connectivity index (χ2v) is 6.41. The second kappa shape index (κ2) is 8.84. The predicted octanol–water partition coefficient (Wildman–Crippen LogP) is -0.515. The van der Waals surface area contributed by atoms with E-state index >= 15 is 0 Å². The zero-order valence-corrected chi connectivity index (χ0v) is 16.3. The van der Waals surface area contributed by atoms with Crippen LogP contribution in [0.5, 0.6) is 0 Å². The van der Waals surface area contributed by atoms with Gasteiger partial charge in [0.1, 0.15) is 12.7 Å². The van der Waals surface area contributed by atoms with E-state index in [1.165, 1.54) is 21.0 Å². The van der Waals surface area contributed by atoms with Crippen molar-refractivity contribution in [3.8, 4) is 0 Å². The molecular formula is C17H24O11. The van der Waals surface area contributed by atoms with Gasteiger partial charge in [-0.05, 0) is 0 Å². The van der Waals surface area contributed by atoms with Crippen molar-refractivity contribution in [2.24, 2.45) is 0 Å². The van der Waals surface area contributed by atoms with Gasteiger partial charge in [-0.1, -0.05) is 0 Å². The van der Waals surface area contributed by atoms with E-state index in [-0.39, 0.29) is 13.2 Å². The molecule has 11 nitrogen and oxygen atoms in total. The third-order valence-corrected chi connectivity index (χ3v) is 4.32. The van der Waals surface area contributed by atoms with E-state index < -0.39 is 60.2 Å². The molecule has 0 radical (unpaired) electrons. The number of rotatable bonds is 6. The lowest BCUT2D eigenvalue weighted by molar-refractivity contribution is -0.326. The first-order valence-electron chi connectivity index (χ1n) is 8.59. The van der Waals surface area contributed by atoms with Gasteiger partial charge >= 0.3 is 23.9 Å². The van der Waals surface area contributed by atoms with Gasteiger partial charge in [-0.25, -0.2) is 0 Å². The summed E-state index contributed by atoms with van der Waals surface area (Å²) >= 11 is 0. The Hall–Kier alpha value is -2.24.